The number of fused-ring (bicyclic) bond motifs is 1. The van der Waals surface area contributed by atoms with Crippen LogP contribution in [0.15, 0.2) is 54.1 Å². The first-order valence-corrected chi connectivity index (χ1v) is 13.3. The number of nitrogens with zero attached hydrogens (tertiary/aromatic N) is 4. The highest BCUT2D eigenvalue weighted by atomic mass is 32.2. The number of carboxylic acid groups (broad SMARTS) is 1. The van der Waals surface area contributed by atoms with Crippen LogP contribution in [0, 0.1) is 11.8 Å². The van der Waals surface area contributed by atoms with E-state index in [1.807, 2.05) is 30.7 Å². The van der Waals surface area contributed by atoms with Crippen LogP contribution < -0.4 is 4.74 Å². The molecule has 3 heterocycles. The van der Waals surface area contributed by atoms with Crippen LogP contribution in [-0.2, 0) is 11.2 Å². The lowest BCUT2D eigenvalue weighted by Crippen LogP contribution is -2.41. The van der Waals surface area contributed by atoms with Gasteiger partial charge in [-0.15, -0.1) is 11.8 Å². The number of piperidine rings is 1. The van der Waals surface area contributed by atoms with Gasteiger partial charge in [0.15, 0.2) is 0 Å². The average molecular weight is 495 g/mol. The summed E-state index contributed by atoms with van der Waals surface area (Å²) in [6.07, 6.45) is 12.5. The van der Waals surface area contributed by atoms with Crippen LogP contribution in [0.2, 0.25) is 0 Å². The van der Waals surface area contributed by atoms with Crippen molar-refractivity contribution in [3.05, 3.63) is 54.7 Å². The minimum absolute atomic E-state index is 0.250. The summed E-state index contributed by atoms with van der Waals surface area (Å²) in [5, 5.41) is 10.4. The first-order valence-electron chi connectivity index (χ1n) is 12.4. The summed E-state index contributed by atoms with van der Waals surface area (Å²) in [7, 11) is 1.69. The molecule has 3 aromatic rings. The topological polar surface area (TPSA) is 88.4 Å². The molecule has 0 saturated carbocycles. The van der Waals surface area contributed by atoms with Gasteiger partial charge < -0.3 is 14.7 Å². The molecule has 2 aromatic heterocycles. The molecule has 4 rings (SSSR count). The molecule has 1 aliphatic rings. The summed E-state index contributed by atoms with van der Waals surface area (Å²) < 4.78 is 5.41. The maximum Gasteiger partial charge on any atom is 0.303 e. The van der Waals surface area contributed by atoms with E-state index in [4.69, 9.17) is 4.74 Å². The zero-order valence-electron chi connectivity index (χ0n) is 20.3. The number of pyridine rings is 1. The molecule has 0 bridgehead atoms. The Hall–Kier alpha value is -2.71. The number of methoxy groups -OCH3 is 1. The maximum absolute atomic E-state index is 11.3. The SMILES string of the molecule is COc1ccc2nccc(CCCC3CCN(CCSc4cncnc4)CC3CCC(=O)O)c2c1. The van der Waals surface area contributed by atoms with E-state index in [0.717, 1.165) is 79.0 Å². The summed E-state index contributed by atoms with van der Waals surface area (Å²) >= 11 is 1.77. The number of hydrogen-bond donors (Lipinski definition) is 1. The first kappa shape index (κ1) is 25.4. The number of likely N-dealkylation sites (tertiary alicyclic amines) is 1. The number of thioether (sulfide) groups is 1. The van der Waals surface area contributed by atoms with Crippen molar-refractivity contribution in [2.75, 3.05) is 32.5 Å². The minimum Gasteiger partial charge on any atom is -0.497 e. The molecule has 2 atom stereocenters. The molecule has 7 nitrogen and oxygen atoms in total. The molecule has 0 aliphatic carbocycles. The molecule has 1 fully saturated rings. The monoisotopic (exact) mass is 494 g/mol. The van der Waals surface area contributed by atoms with E-state index in [-0.39, 0.29) is 6.42 Å². The summed E-state index contributed by atoms with van der Waals surface area (Å²) in [6.45, 7) is 3.06. The van der Waals surface area contributed by atoms with E-state index in [2.05, 4.69) is 32.0 Å². The van der Waals surface area contributed by atoms with Crippen molar-refractivity contribution in [2.45, 2.75) is 43.4 Å². The second-order valence-corrected chi connectivity index (χ2v) is 10.4. The number of carbonyl (C=O) groups is 1. The van der Waals surface area contributed by atoms with Gasteiger partial charge in [-0.05, 0) is 80.3 Å². The number of aliphatic carboxylic acids is 1. The van der Waals surface area contributed by atoms with E-state index < -0.39 is 5.97 Å². The molecule has 186 valence electrons. The van der Waals surface area contributed by atoms with E-state index >= 15 is 0 Å². The number of hydrogen-bond acceptors (Lipinski definition) is 7. The Morgan fingerprint density at radius 3 is 2.86 bits per heavy atom. The Morgan fingerprint density at radius 2 is 2.06 bits per heavy atom. The molecule has 1 saturated heterocycles. The number of benzene rings is 1. The molecular weight excluding hydrogens is 460 g/mol. The molecule has 1 aromatic carbocycles. The Bertz CT molecular complexity index is 1100. The summed E-state index contributed by atoms with van der Waals surface area (Å²) in [5.41, 5.74) is 2.30. The van der Waals surface area contributed by atoms with Gasteiger partial charge in [0.2, 0.25) is 0 Å². The lowest BCUT2D eigenvalue weighted by atomic mass is 9.79. The fourth-order valence-corrected chi connectivity index (χ4v) is 5.97. The fraction of sp³-hybridized carbons (Fsp3) is 0.481. The highest BCUT2D eigenvalue weighted by Crippen LogP contribution is 2.32. The van der Waals surface area contributed by atoms with Gasteiger partial charge in [0, 0.05) is 54.1 Å². The third-order valence-corrected chi connectivity index (χ3v) is 7.91. The lowest BCUT2D eigenvalue weighted by molar-refractivity contribution is -0.137. The van der Waals surface area contributed by atoms with Crippen molar-refractivity contribution in [3.8, 4) is 5.75 Å². The zero-order valence-corrected chi connectivity index (χ0v) is 21.1. The Labute approximate surface area is 211 Å². The van der Waals surface area contributed by atoms with Crippen LogP contribution in [0.5, 0.6) is 5.75 Å². The van der Waals surface area contributed by atoms with Crippen molar-refractivity contribution >= 4 is 28.6 Å². The molecule has 0 spiro atoms. The normalized spacial score (nSPS) is 18.5. The Morgan fingerprint density at radius 1 is 1.20 bits per heavy atom. The zero-order chi connectivity index (χ0) is 24.5. The van der Waals surface area contributed by atoms with Gasteiger partial charge in [0.1, 0.15) is 12.1 Å². The molecule has 1 aliphatic heterocycles. The molecule has 2 unspecified atom stereocenters. The van der Waals surface area contributed by atoms with Gasteiger partial charge in [-0.3, -0.25) is 9.78 Å². The Kier molecular flexibility index (Phi) is 9.31. The molecule has 8 heteroatoms. The number of carboxylic acids is 1. The van der Waals surface area contributed by atoms with Crippen molar-refractivity contribution in [1.82, 2.24) is 19.9 Å². The van der Waals surface area contributed by atoms with Crippen LogP contribution in [-0.4, -0.2) is 63.4 Å². The number of rotatable bonds is 12. The van der Waals surface area contributed by atoms with Crippen LogP contribution in [0.1, 0.15) is 37.7 Å². The second kappa shape index (κ2) is 12.8. The third-order valence-electron chi connectivity index (χ3n) is 6.98. The van der Waals surface area contributed by atoms with Gasteiger partial charge in [0.05, 0.1) is 12.6 Å². The quantitative estimate of drug-likeness (QED) is 0.354. The van der Waals surface area contributed by atoms with Crippen LogP contribution in [0.3, 0.4) is 0 Å². The average Bonchev–Trinajstić information content (AvgIpc) is 2.88. The van der Waals surface area contributed by atoms with Gasteiger partial charge in [-0.2, -0.15) is 0 Å². The number of aryl methyl sites for hydroxylation is 1. The molecular formula is C27H34N4O3S. The lowest BCUT2D eigenvalue weighted by Gasteiger charge is -2.39. The molecule has 1 N–H and O–H groups in total. The third kappa shape index (κ3) is 7.39. The smallest absolute Gasteiger partial charge is 0.303 e. The van der Waals surface area contributed by atoms with Gasteiger partial charge in [-0.1, -0.05) is 0 Å². The van der Waals surface area contributed by atoms with Crippen molar-refractivity contribution in [2.24, 2.45) is 11.8 Å². The standard InChI is InChI=1S/C27H34N4O3S/c1-34-23-6-7-26-25(15-23)21(9-11-30-26)4-2-3-20-10-12-31(18-22(20)5-8-27(32)33)13-14-35-24-16-28-19-29-17-24/h6-7,9,11,15-17,19-20,22H,2-5,8,10,12-14,18H2,1H3,(H,32,33). The number of ether oxygens (including phenoxy) is 1. The highest BCUT2D eigenvalue weighted by molar-refractivity contribution is 7.99. The summed E-state index contributed by atoms with van der Waals surface area (Å²) in [5.74, 6) is 2.15. The molecule has 35 heavy (non-hydrogen) atoms. The van der Waals surface area contributed by atoms with Gasteiger partial charge in [-0.25, -0.2) is 9.97 Å². The maximum atomic E-state index is 11.3. The van der Waals surface area contributed by atoms with Gasteiger partial charge in [0.25, 0.3) is 0 Å². The largest absolute Gasteiger partial charge is 0.497 e. The molecule has 0 radical (unpaired) electrons. The summed E-state index contributed by atoms with van der Waals surface area (Å²) in [6, 6.07) is 8.15. The number of aromatic nitrogens is 3. The van der Waals surface area contributed by atoms with Crippen LogP contribution in [0.25, 0.3) is 10.9 Å². The van der Waals surface area contributed by atoms with Crippen LogP contribution >= 0.6 is 11.8 Å². The second-order valence-electron chi connectivity index (χ2n) is 9.21. The van der Waals surface area contributed by atoms with E-state index in [1.54, 1.807) is 25.2 Å². The summed E-state index contributed by atoms with van der Waals surface area (Å²) in [4.78, 5) is 27.5. The highest BCUT2D eigenvalue weighted by Gasteiger charge is 2.29. The van der Waals surface area contributed by atoms with Crippen molar-refractivity contribution < 1.29 is 14.6 Å². The predicted octanol–water partition coefficient (Wildman–Crippen LogP) is 4.95. The minimum atomic E-state index is -0.697. The van der Waals surface area contributed by atoms with E-state index in [1.165, 1.54) is 5.56 Å². The Balaban J connectivity index is 1.31. The van der Waals surface area contributed by atoms with E-state index in [9.17, 15) is 9.90 Å². The van der Waals surface area contributed by atoms with Gasteiger partial charge >= 0.3 is 5.97 Å². The first-order chi connectivity index (χ1) is 17.1. The fourth-order valence-electron chi connectivity index (χ4n) is 5.11. The predicted molar refractivity (Wildman–Crippen MR) is 139 cm³/mol. The van der Waals surface area contributed by atoms with Crippen LogP contribution in [0.4, 0.5) is 0 Å². The van der Waals surface area contributed by atoms with Crippen molar-refractivity contribution in [3.63, 3.8) is 0 Å². The van der Waals surface area contributed by atoms with E-state index in [0.29, 0.717) is 11.8 Å². The molecule has 0 amide bonds. The van der Waals surface area contributed by atoms with Crippen molar-refractivity contribution in [1.29, 1.82) is 0 Å².